The molecule has 1 heteroatoms. The molecule has 3 atom stereocenters. The van der Waals surface area contributed by atoms with Gasteiger partial charge in [-0.25, -0.2) is 0 Å². The van der Waals surface area contributed by atoms with Crippen LogP contribution in [0.5, 0.6) is 0 Å². The maximum absolute atomic E-state index is 11.4. The normalized spacial score (nSPS) is 42.5. The van der Waals surface area contributed by atoms with Gasteiger partial charge in [0.2, 0.25) is 0 Å². The lowest BCUT2D eigenvalue weighted by atomic mass is 10.1. The molecule has 0 aliphatic heterocycles. The van der Waals surface area contributed by atoms with Gasteiger partial charge in [0, 0.05) is 12.3 Å². The summed E-state index contributed by atoms with van der Waals surface area (Å²) in [5.74, 6) is 2.11. The van der Waals surface area contributed by atoms with Crippen LogP contribution in [0.1, 0.15) is 25.7 Å². The van der Waals surface area contributed by atoms with Crippen LogP contribution in [0.15, 0.2) is 12.7 Å². The first-order valence-corrected chi connectivity index (χ1v) is 4.50. The molecule has 1 nitrogen and oxygen atoms in total. The molecular formula is C10H14O. The van der Waals surface area contributed by atoms with Crippen molar-refractivity contribution in [1.29, 1.82) is 0 Å². The van der Waals surface area contributed by atoms with E-state index in [1.165, 1.54) is 12.8 Å². The Morgan fingerprint density at radius 1 is 1.45 bits per heavy atom. The summed E-state index contributed by atoms with van der Waals surface area (Å²) in [6.45, 7) is 3.76. The van der Waals surface area contributed by atoms with E-state index >= 15 is 0 Å². The lowest BCUT2D eigenvalue weighted by Crippen LogP contribution is -2.00. The molecule has 0 aromatic heterocycles. The summed E-state index contributed by atoms with van der Waals surface area (Å²) in [5, 5.41) is 0. The van der Waals surface area contributed by atoms with Gasteiger partial charge in [0.05, 0.1) is 0 Å². The summed E-state index contributed by atoms with van der Waals surface area (Å²) in [5.41, 5.74) is 0. The second kappa shape index (κ2) is 2.47. The van der Waals surface area contributed by atoms with Gasteiger partial charge in [-0.15, -0.1) is 6.58 Å². The zero-order valence-electron chi connectivity index (χ0n) is 6.75. The van der Waals surface area contributed by atoms with Crippen LogP contribution in [0.3, 0.4) is 0 Å². The number of rotatable bonds is 1. The Morgan fingerprint density at radius 2 is 2.27 bits per heavy atom. The average molecular weight is 150 g/mol. The molecule has 0 bridgehead atoms. The fourth-order valence-corrected chi connectivity index (χ4v) is 2.39. The third-order valence-corrected chi connectivity index (χ3v) is 3.08. The second-order valence-corrected chi connectivity index (χ2v) is 3.71. The molecule has 60 valence electrons. The molecule has 0 heterocycles. The summed E-state index contributed by atoms with van der Waals surface area (Å²) in [4.78, 5) is 11.4. The number of hydrogen-bond acceptors (Lipinski definition) is 1. The highest BCUT2D eigenvalue weighted by Crippen LogP contribution is 2.52. The molecule has 2 fully saturated rings. The van der Waals surface area contributed by atoms with Crippen molar-refractivity contribution in [3.8, 4) is 0 Å². The van der Waals surface area contributed by atoms with Gasteiger partial charge in [-0.05, 0) is 24.7 Å². The minimum atomic E-state index is 0.384. The minimum absolute atomic E-state index is 0.384. The van der Waals surface area contributed by atoms with Crippen LogP contribution in [0.25, 0.3) is 0 Å². The first-order chi connectivity index (χ1) is 5.34. The highest BCUT2D eigenvalue weighted by atomic mass is 16.1. The van der Waals surface area contributed by atoms with Crippen molar-refractivity contribution in [3.63, 3.8) is 0 Å². The van der Waals surface area contributed by atoms with Gasteiger partial charge < -0.3 is 0 Å². The van der Waals surface area contributed by atoms with Crippen molar-refractivity contribution in [1.82, 2.24) is 0 Å². The Bertz CT molecular complexity index is 195. The molecule has 2 aliphatic carbocycles. The lowest BCUT2D eigenvalue weighted by molar-refractivity contribution is -0.120. The Morgan fingerprint density at radius 3 is 3.00 bits per heavy atom. The Kier molecular flexibility index (Phi) is 1.59. The molecule has 2 saturated carbocycles. The van der Waals surface area contributed by atoms with Crippen LogP contribution in [-0.4, -0.2) is 5.78 Å². The molecule has 0 radical (unpaired) electrons. The number of Topliss-reactive ketones (excluding diaryl/α,β-unsaturated/α-hetero) is 1. The predicted molar refractivity (Wildman–Crippen MR) is 44.1 cm³/mol. The van der Waals surface area contributed by atoms with E-state index in [1.807, 2.05) is 6.08 Å². The Labute approximate surface area is 67.5 Å². The molecule has 0 aromatic rings. The van der Waals surface area contributed by atoms with Crippen molar-refractivity contribution in [2.45, 2.75) is 25.7 Å². The van der Waals surface area contributed by atoms with E-state index in [2.05, 4.69) is 6.58 Å². The molecule has 2 rings (SSSR count). The van der Waals surface area contributed by atoms with E-state index in [0.29, 0.717) is 23.5 Å². The van der Waals surface area contributed by atoms with E-state index < -0.39 is 0 Å². The van der Waals surface area contributed by atoms with Gasteiger partial charge in [0.15, 0.2) is 0 Å². The van der Waals surface area contributed by atoms with Gasteiger partial charge in [-0.1, -0.05) is 12.5 Å². The monoisotopic (exact) mass is 150 g/mol. The number of fused-ring (bicyclic) bond motifs is 1. The quantitative estimate of drug-likeness (QED) is 0.523. The summed E-state index contributed by atoms with van der Waals surface area (Å²) < 4.78 is 0. The summed E-state index contributed by atoms with van der Waals surface area (Å²) >= 11 is 0. The van der Waals surface area contributed by atoms with Gasteiger partial charge in [0.25, 0.3) is 0 Å². The standard InChI is InChI=1S/C10H14O/c1-2-7-8-5-3-4-6-9(11)10(7)8/h2,7-8,10H,1,3-6H2/t7-,8-,10+/m0/s1. The van der Waals surface area contributed by atoms with Crippen LogP contribution in [0.4, 0.5) is 0 Å². The molecular weight excluding hydrogens is 136 g/mol. The lowest BCUT2D eigenvalue weighted by Gasteiger charge is -1.95. The molecule has 11 heavy (non-hydrogen) atoms. The maximum atomic E-state index is 11.4. The number of ketones is 1. The smallest absolute Gasteiger partial charge is 0.136 e. The SMILES string of the molecule is C=C[C@H]1[C@@H]2CCCCC(=O)[C@H]12. The van der Waals surface area contributed by atoms with Gasteiger partial charge in [-0.2, -0.15) is 0 Å². The highest BCUT2D eigenvalue weighted by Gasteiger charge is 2.52. The highest BCUT2D eigenvalue weighted by molar-refractivity contribution is 5.85. The molecule has 0 N–H and O–H groups in total. The Balaban J connectivity index is 2.08. The van der Waals surface area contributed by atoms with Crippen LogP contribution in [0.2, 0.25) is 0 Å². The van der Waals surface area contributed by atoms with Crippen LogP contribution >= 0.6 is 0 Å². The van der Waals surface area contributed by atoms with E-state index in [0.717, 1.165) is 12.8 Å². The third kappa shape index (κ3) is 1.03. The first-order valence-electron chi connectivity index (χ1n) is 4.50. The van der Waals surface area contributed by atoms with Gasteiger partial charge >= 0.3 is 0 Å². The molecule has 0 unspecified atom stereocenters. The first kappa shape index (κ1) is 7.08. The van der Waals surface area contributed by atoms with Gasteiger partial charge in [0.1, 0.15) is 5.78 Å². The molecule has 2 aliphatic rings. The number of allylic oxidation sites excluding steroid dienone is 1. The fraction of sp³-hybridized carbons (Fsp3) is 0.700. The van der Waals surface area contributed by atoms with Gasteiger partial charge in [-0.3, -0.25) is 4.79 Å². The molecule has 0 spiro atoms. The summed E-state index contributed by atoms with van der Waals surface area (Å²) in [6.07, 6.45) is 6.42. The number of carbonyl (C=O) groups excluding carboxylic acids is 1. The van der Waals surface area contributed by atoms with Crippen molar-refractivity contribution < 1.29 is 4.79 Å². The zero-order chi connectivity index (χ0) is 7.84. The van der Waals surface area contributed by atoms with Crippen LogP contribution in [-0.2, 0) is 4.79 Å². The predicted octanol–water partition coefficient (Wildman–Crippen LogP) is 2.18. The summed E-state index contributed by atoms with van der Waals surface area (Å²) in [7, 11) is 0. The largest absolute Gasteiger partial charge is 0.299 e. The van der Waals surface area contributed by atoms with Crippen molar-refractivity contribution in [3.05, 3.63) is 12.7 Å². The van der Waals surface area contributed by atoms with E-state index in [-0.39, 0.29) is 0 Å². The molecule has 0 aromatic carbocycles. The number of hydrogen-bond donors (Lipinski definition) is 0. The molecule has 0 amide bonds. The zero-order valence-corrected chi connectivity index (χ0v) is 6.75. The van der Waals surface area contributed by atoms with Crippen LogP contribution in [0, 0.1) is 17.8 Å². The van der Waals surface area contributed by atoms with Crippen molar-refractivity contribution >= 4 is 5.78 Å². The Hall–Kier alpha value is -0.590. The van der Waals surface area contributed by atoms with E-state index in [9.17, 15) is 4.79 Å². The maximum Gasteiger partial charge on any atom is 0.136 e. The average Bonchev–Trinajstić information content (AvgIpc) is 2.70. The topological polar surface area (TPSA) is 17.1 Å². The summed E-state index contributed by atoms with van der Waals surface area (Å²) in [6, 6.07) is 0. The fourth-order valence-electron chi connectivity index (χ4n) is 2.39. The minimum Gasteiger partial charge on any atom is -0.299 e. The number of carbonyl (C=O) groups is 1. The van der Waals surface area contributed by atoms with Crippen molar-refractivity contribution in [2.75, 3.05) is 0 Å². The van der Waals surface area contributed by atoms with Crippen LogP contribution < -0.4 is 0 Å². The van der Waals surface area contributed by atoms with E-state index in [4.69, 9.17) is 0 Å². The van der Waals surface area contributed by atoms with E-state index in [1.54, 1.807) is 0 Å². The van der Waals surface area contributed by atoms with Crippen molar-refractivity contribution in [2.24, 2.45) is 17.8 Å². The molecule has 0 saturated heterocycles. The third-order valence-electron chi connectivity index (χ3n) is 3.08. The second-order valence-electron chi connectivity index (χ2n) is 3.71.